The normalized spacial score (nSPS) is 1.50. The van der Waals surface area contributed by atoms with Gasteiger partial charge in [-0.25, -0.2) is 0 Å². The van der Waals surface area contributed by atoms with Gasteiger partial charge in [0.1, 0.15) is 0 Å². The molecule has 0 aromatic carbocycles. The fourth-order valence-electron chi connectivity index (χ4n) is 0. The van der Waals surface area contributed by atoms with Crippen LogP contribution in [-0.2, 0) is 4.65 Å². The quantitative estimate of drug-likeness (QED) is 0.228. The van der Waals surface area contributed by atoms with Crippen molar-refractivity contribution >= 4 is 0 Å². The van der Waals surface area contributed by atoms with Crippen LogP contribution in [0.5, 0.6) is 0 Å². The summed E-state index contributed by atoms with van der Waals surface area (Å²) in [5.74, 6) is 0. The van der Waals surface area contributed by atoms with Crippen molar-refractivity contribution in [3.63, 3.8) is 0 Å². The second-order valence-corrected chi connectivity index (χ2v) is 0. The predicted molar refractivity (Wildman–Crippen MR) is 19.4 cm³/mol. The molecule has 0 atom stereocenters. The zero-order valence-corrected chi connectivity index (χ0v) is 2.32. The molecule has 0 aliphatic heterocycles. The van der Waals surface area contributed by atoms with Crippen molar-refractivity contribution < 1.29 is 7.51 Å². The first-order chi connectivity index (χ1) is 2.00. The van der Waals surface area contributed by atoms with Gasteiger partial charge in [0.2, 0.25) is 0 Å². The van der Waals surface area contributed by atoms with Crippen molar-refractivity contribution in [3.05, 3.63) is 19.8 Å². The van der Waals surface area contributed by atoms with E-state index < -0.39 is 0 Å². The maximum atomic E-state index is 7.50. The first-order valence-electron chi connectivity index (χ1n) is 0.704. The molecular formula is C3H8O. The molecule has 0 rings (SSSR count). The van der Waals surface area contributed by atoms with Gasteiger partial charge >= 0.3 is 11.3 Å². The van der Waals surface area contributed by atoms with Crippen LogP contribution in [0.1, 0.15) is 2.85 Å². The van der Waals surface area contributed by atoms with E-state index in [1.54, 1.807) is 0 Å². The Labute approximate surface area is 28.6 Å². The molecule has 0 unspecified atom stereocenters. The third-order valence-corrected chi connectivity index (χ3v) is 0. The number of rotatable bonds is 0. The van der Waals surface area contributed by atoms with Gasteiger partial charge < -0.3 is 0 Å². The summed E-state index contributed by atoms with van der Waals surface area (Å²) in [4.78, 5) is 0. The van der Waals surface area contributed by atoms with E-state index in [2.05, 4.69) is 19.8 Å². The van der Waals surface area contributed by atoms with Crippen LogP contribution in [0.3, 0.4) is 0 Å². The standard InChI is InChI=1S/C2H4.CO.2H2/c2*1-2;;/h1-2H2;;2*1H. The minimum Gasteiger partial charge on any atom is 0 e. The summed E-state index contributed by atoms with van der Waals surface area (Å²) in [7, 11) is 0. The summed E-state index contributed by atoms with van der Waals surface area (Å²) in [6.45, 7) is 10.5. The van der Waals surface area contributed by atoms with Gasteiger partial charge in [0.05, 0.1) is 0 Å². The van der Waals surface area contributed by atoms with E-state index in [4.69, 9.17) is 4.65 Å². The summed E-state index contributed by atoms with van der Waals surface area (Å²) in [5.41, 5.74) is 0. The van der Waals surface area contributed by atoms with E-state index in [1.165, 1.54) is 0 Å². The van der Waals surface area contributed by atoms with Crippen LogP contribution in [0.15, 0.2) is 13.2 Å². The van der Waals surface area contributed by atoms with Gasteiger partial charge in [0.25, 0.3) is 0 Å². The summed E-state index contributed by atoms with van der Waals surface area (Å²) in [5, 5.41) is 0. The Balaban J connectivity index is -0.00000000500. The average Bonchev–Trinajstić information content (AvgIpc) is 1.50. The summed E-state index contributed by atoms with van der Waals surface area (Å²) < 4.78 is 7.50. The first kappa shape index (κ1) is 9.77. The smallest absolute Gasteiger partial charge is 0 e. The zero-order chi connectivity index (χ0) is 4.00. The minimum atomic E-state index is 0. The SMILES string of the molecule is C=C.[C-]#[O+].[HH].[HH]. The van der Waals surface area contributed by atoms with Crippen LogP contribution >= 0.6 is 0 Å². The van der Waals surface area contributed by atoms with Gasteiger partial charge in [-0.15, -0.1) is 13.2 Å². The Bertz CT molecular complexity index is 20.0. The first-order valence-corrected chi connectivity index (χ1v) is 0.704. The molecule has 0 aromatic rings. The van der Waals surface area contributed by atoms with Crippen molar-refractivity contribution in [2.45, 2.75) is 0 Å². The maximum absolute atomic E-state index is 7.50. The molecule has 0 radical (unpaired) electrons. The summed E-state index contributed by atoms with van der Waals surface area (Å²) in [6.07, 6.45) is 0. The van der Waals surface area contributed by atoms with Gasteiger partial charge in [-0.2, -0.15) is 0 Å². The van der Waals surface area contributed by atoms with Gasteiger partial charge in [-0.3, -0.25) is 0 Å². The van der Waals surface area contributed by atoms with Crippen molar-refractivity contribution in [3.8, 4) is 0 Å². The van der Waals surface area contributed by atoms with Crippen LogP contribution in [-0.4, -0.2) is 0 Å². The number of hydrogen-bond donors (Lipinski definition) is 0. The molecule has 1 heteroatoms. The van der Waals surface area contributed by atoms with Gasteiger partial charge in [-0.1, -0.05) is 0 Å². The van der Waals surface area contributed by atoms with Crippen LogP contribution < -0.4 is 0 Å². The molecule has 26 valence electrons. The third kappa shape index (κ3) is 1.26. The zero-order valence-electron chi connectivity index (χ0n) is 2.32. The summed E-state index contributed by atoms with van der Waals surface area (Å²) >= 11 is 0. The fraction of sp³-hybridized carbons (Fsp3) is 0. The molecule has 0 N–H and O–H groups in total. The van der Waals surface area contributed by atoms with Gasteiger partial charge in [-0.05, 0) is 0 Å². The van der Waals surface area contributed by atoms with Crippen molar-refractivity contribution in [2.24, 2.45) is 0 Å². The van der Waals surface area contributed by atoms with Crippen molar-refractivity contribution in [1.82, 2.24) is 0 Å². The molecule has 4 heavy (non-hydrogen) atoms. The van der Waals surface area contributed by atoms with Crippen molar-refractivity contribution in [1.29, 1.82) is 0 Å². The minimum absolute atomic E-state index is 0. The second-order valence-electron chi connectivity index (χ2n) is 0. The Morgan fingerprint density at radius 2 is 1.50 bits per heavy atom. The Kier molecular flexibility index (Phi) is 49.1. The largest absolute Gasteiger partial charge is 0 e. The molecule has 0 aliphatic rings. The van der Waals surface area contributed by atoms with E-state index >= 15 is 0 Å². The molecule has 1 nitrogen and oxygen atoms in total. The van der Waals surface area contributed by atoms with Gasteiger partial charge in [0, 0.05) is 2.85 Å². The Morgan fingerprint density at radius 3 is 1.50 bits per heavy atom. The molecule has 0 bridgehead atoms. The Hall–Kier alpha value is -0.520. The van der Waals surface area contributed by atoms with E-state index in [0.717, 1.165) is 0 Å². The van der Waals surface area contributed by atoms with Crippen LogP contribution in [0.2, 0.25) is 0 Å². The van der Waals surface area contributed by atoms with Gasteiger partial charge in [0.15, 0.2) is 0 Å². The number of hydrogen-bond acceptors (Lipinski definition) is 0. The van der Waals surface area contributed by atoms with Crippen LogP contribution in [0.4, 0.5) is 0 Å². The summed E-state index contributed by atoms with van der Waals surface area (Å²) in [6, 6.07) is 0. The molecule has 0 amide bonds. The van der Waals surface area contributed by atoms with E-state index in [-0.39, 0.29) is 2.85 Å². The van der Waals surface area contributed by atoms with E-state index in [0.29, 0.717) is 0 Å². The predicted octanol–water partition coefficient (Wildman–Crippen LogP) is 1.26. The molecule has 0 saturated carbocycles. The maximum Gasteiger partial charge on any atom is 0 e. The molecule has 0 heterocycles. The van der Waals surface area contributed by atoms with E-state index in [9.17, 15) is 0 Å². The Morgan fingerprint density at radius 1 is 1.50 bits per heavy atom. The van der Waals surface area contributed by atoms with Crippen LogP contribution in [0.25, 0.3) is 0 Å². The molecule has 0 fully saturated rings. The average molecular weight is 60.1 g/mol. The molecule has 0 spiro atoms. The molecular weight excluding hydrogens is 52.0 g/mol. The third-order valence-electron chi connectivity index (χ3n) is 0. The second kappa shape index (κ2) is 20.1. The monoisotopic (exact) mass is 60.1 g/mol. The molecule has 0 aromatic heterocycles. The van der Waals surface area contributed by atoms with Crippen LogP contribution in [0, 0.1) is 6.65 Å². The van der Waals surface area contributed by atoms with Crippen molar-refractivity contribution in [2.75, 3.05) is 0 Å². The topological polar surface area (TPSA) is 19.9 Å². The molecule has 0 saturated heterocycles. The van der Waals surface area contributed by atoms with E-state index in [1.807, 2.05) is 0 Å². The molecule has 0 aliphatic carbocycles. The fourth-order valence-corrected chi connectivity index (χ4v) is 0.